The highest BCUT2D eigenvalue weighted by Gasteiger charge is 2.44. The van der Waals surface area contributed by atoms with Crippen molar-refractivity contribution in [3.8, 4) is 0 Å². The van der Waals surface area contributed by atoms with Crippen LogP contribution in [-0.2, 0) is 9.59 Å². The number of amides is 1. The summed E-state index contributed by atoms with van der Waals surface area (Å²) in [5, 5.41) is 12.1. The van der Waals surface area contributed by atoms with E-state index < -0.39 is 11.5 Å². The van der Waals surface area contributed by atoms with Crippen LogP contribution in [0.4, 0.5) is 0 Å². The van der Waals surface area contributed by atoms with Gasteiger partial charge in [0.05, 0.1) is 12.0 Å². The number of carbonyl (C=O) groups excluding carboxylic acids is 1. The van der Waals surface area contributed by atoms with Crippen LogP contribution in [-0.4, -0.2) is 22.5 Å². The highest BCUT2D eigenvalue weighted by atomic mass is 16.4. The van der Waals surface area contributed by atoms with Gasteiger partial charge in [0.2, 0.25) is 5.91 Å². The summed E-state index contributed by atoms with van der Waals surface area (Å²) in [4.78, 5) is 23.4. The molecule has 0 spiro atoms. The van der Waals surface area contributed by atoms with Gasteiger partial charge in [-0.2, -0.15) is 0 Å². The Morgan fingerprint density at radius 3 is 2.32 bits per heavy atom. The van der Waals surface area contributed by atoms with Crippen LogP contribution in [0.3, 0.4) is 0 Å². The largest absolute Gasteiger partial charge is 0.481 e. The van der Waals surface area contributed by atoms with Gasteiger partial charge in [0.1, 0.15) is 0 Å². The maximum atomic E-state index is 12.5. The van der Waals surface area contributed by atoms with Crippen LogP contribution < -0.4 is 5.32 Å². The first kappa shape index (κ1) is 14.4. The Kier molecular flexibility index (Phi) is 3.88. The molecule has 2 rings (SSSR count). The number of carboxylic acid groups (broad SMARTS) is 1. The Labute approximate surface area is 115 Å². The molecule has 0 aromatic heterocycles. The van der Waals surface area contributed by atoms with Crippen LogP contribution in [0.1, 0.15) is 65.2 Å². The number of hydrogen-bond donors (Lipinski definition) is 2. The van der Waals surface area contributed by atoms with E-state index in [9.17, 15) is 9.59 Å². The zero-order chi connectivity index (χ0) is 14.1. The molecule has 0 saturated heterocycles. The van der Waals surface area contributed by atoms with E-state index >= 15 is 0 Å². The predicted molar refractivity (Wildman–Crippen MR) is 72.7 cm³/mol. The molecule has 0 heterocycles. The van der Waals surface area contributed by atoms with E-state index in [1.54, 1.807) is 0 Å². The lowest BCUT2D eigenvalue weighted by molar-refractivity contribution is -0.141. The number of carbonyl (C=O) groups is 2. The lowest BCUT2D eigenvalue weighted by Gasteiger charge is -2.45. The summed E-state index contributed by atoms with van der Waals surface area (Å²) in [6.07, 6.45) is 6.99. The van der Waals surface area contributed by atoms with Gasteiger partial charge < -0.3 is 10.4 Å². The second-order valence-electron chi connectivity index (χ2n) is 6.98. The van der Waals surface area contributed by atoms with Crippen LogP contribution in [0.2, 0.25) is 0 Å². The van der Waals surface area contributed by atoms with Crippen molar-refractivity contribution in [2.24, 2.45) is 11.3 Å². The summed E-state index contributed by atoms with van der Waals surface area (Å²) in [6, 6.07) is 0. The Balaban J connectivity index is 2.01. The molecule has 1 unspecified atom stereocenters. The second kappa shape index (κ2) is 5.14. The fourth-order valence-electron chi connectivity index (χ4n) is 3.57. The van der Waals surface area contributed by atoms with Crippen LogP contribution in [0.15, 0.2) is 0 Å². The zero-order valence-corrected chi connectivity index (χ0v) is 12.0. The lowest BCUT2D eigenvalue weighted by atomic mass is 9.67. The van der Waals surface area contributed by atoms with E-state index in [2.05, 4.69) is 19.2 Å². The molecule has 2 saturated carbocycles. The van der Waals surface area contributed by atoms with E-state index in [0.29, 0.717) is 0 Å². The summed E-state index contributed by atoms with van der Waals surface area (Å²) in [7, 11) is 0. The van der Waals surface area contributed by atoms with Gasteiger partial charge in [-0.15, -0.1) is 0 Å². The molecule has 2 fully saturated rings. The van der Waals surface area contributed by atoms with Crippen LogP contribution in [0.25, 0.3) is 0 Å². The van der Waals surface area contributed by atoms with E-state index in [4.69, 9.17) is 5.11 Å². The van der Waals surface area contributed by atoms with Crippen LogP contribution in [0, 0.1) is 11.3 Å². The predicted octanol–water partition coefficient (Wildman–Crippen LogP) is 2.72. The summed E-state index contributed by atoms with van der Waals surface area (Å²) < 4.78 is 0. The van der Waals surface area contributed by atoms with Crippen molar-refractivity contribution in [2.45, 2.75) is 70.8 Å². The summed E-state index contributed by atoms with van der Waals surface area (Å²) >= 11 is 0. The molecular formula is C15H25NO3. The van der Waals surface area contributed by atoms with Gasteiger partial charge in [-0.25, -0.2) is 0 Å². The number of carboxylic acids is 1. The molecular weight excluding hydrogens is 242 g/mol. The molecule has 2 aliphatic carbocycles. The lowest BCUT2D eigenvalue weighted by Crippen LogP contribution is -2.57. The number of rotatable bonds is 4. The van der Waals surface area contributed by atoms with Gasteiger partial charge >= 0.3 is 5.97 Å². The Morgan fingerprint density at radius 2 is 1.84 bits per heavy atom. The smallest absolute Gasteiger partial charge is 0.305 e. The Bertz CT molecular complexity index is 372. The topological polar surface area (TPSA) is 66.4 Å². The van der Waals surface area contributed by atoms with Gasteiger partial charge in [0.25, 0.3) is 0 Å². The van der Waals surface area contributed by atoms with E-state index in [-0.39, 0.29) is 23.7 Å². The Hall–Kier alpha value is -1.06. The third-order valence-electron chi connectivity index (χ3n) is 5.01. The highest BCUT2D eigenvalue weighted by Crippen LogP contribution is 2.42. The van der Waals surface area contributed by atoms with Crippen molar-refractivity contribution < 1.29 is 14.7 Å². The average molecular weight is 267 g/mol. The first-order valence-corrected chi connectivity index (χ1v) is 7.39. The third kappa shape index (κ3) is 3.10. The summed E-state index contributed by atoms with van der Waals surface area (Å²) in [5.74, 6) is -0.707. The van der Waals surface area contributed by atoms with E-state index in [1.807, 2.05) is 0 Å². The number of nitrogens with one attached hydrogen (secondary N) is 1. The highest BCUT2D eigenvalue weighted by molar-refractivity contribution is 5.81. The maximum Gasteiger partial charge on any atom is 0.305 e. The molecule has 4 heteroatoms. The van der Waals surface area contributed by atoms with E-state index in [1.165, 1.54) is 6.42 Å². The minimum absolute atomic E-state index is 0.0347. The molecule has 19 heavy (non-hydrogen) atoms. The van der Waals surface area contributed by atoms with Gasteiger partial charge in [0.15, 0.2) is 0 Å². The zero-order valence-electron chi connectivity index (χ0n) is 12.0. The molecule has 0 radical (unpaired) electrons. The fraction of sp³-hybridized carbons (Fsp3) is 0.867. The normalized spacial score (nSPS) is 28.2. The van der Waals surface area contributed by atoms with Gasteiger partial charge in [-0.3, -0.25) is 9.59 Å². The van der Waals surface area contributed by atoms with Gasteiger partial charge in [0, 0.05) is 5.92 Å². The number of aliphatic carboxylic acids is 1. The molecule has 0 aromatic carbocycles. The third-order valence-corrected chi connectivity index (χ3v) is 5.01. The molecule has 108 valence electrons. The first-order valence-electron chi connectivity index (χ1n) is 7.39. The van der Waals surface area contributed by atoms with Crippen molar-refractivity contribution in [1.82, 2.24) is 5.32 Å². The molecule has 1 amide bonds. The van der Waals surface area contributed by atoms with Crippen molar-refractivity contribution in [2.75, 3.05) is 0 Å². The molecule has 2 aliphatic rings. The SMILES string of the molecule is CC1(C)CCCCC1C(=O)NC1(CC(=O)O)CCC1. The molecule has 2 N–H and O–H groups in total. The fourth-order valence-corrected chi connectivity index (χ4v) is 3.57. The first-order chi connectivity index (χ1) is 8.85. The molecule has 0 aromatic rings. The molecule has 4 nitrogen and oxygen atoms in total. The molecule has 0 aliphatic heterocycles. The average Bonchev–Trinajstić information content (AvgIpc) is 2.24. The van der Waals surface area contributed by atoms with Crippen molar-refractivity contribution >= 4 is 11.9 Å². The second-order valence-corrected chi connectivity index (χ2v) is 6.98. The van der Waals surface area contributed by atoms with Gasteiger partial charge in [-0.05, 0) is 37.5 Å². The van der Waals surface area contributed by atoms with Gasteiger partial charge in [-0.1, -0.05) is 26.7 Å². The quantitative estimate of drug-likeness (QED) is 0.823. The standard InChI is InChI=1S/C15H25NO3/c1-14(2)7-4-3-6-11(14)13(19)16-15(8-5-9-15)10-12(17)18/h11H,3-10H2,1-2H3,(H,16,19)(H,17,18). The Morgan fingerprint density at radius 1 is 1.16 bits per heavy atom. The summed E-state index contributed by atoms with van der Waals surface area (Å²) in [6.45, 7) is 4.31. The minimum atomic E-state index is -0.817. The van der Waals surface area contributed by atoms with E-state index in [0.717, 1.165) is 38.5 Å². The minimum Gasteiger partial charge on any atom is -0.481 e. The molecule has 1 atom stereocenters. The van der Waals surface area contributed by atoms with Crippen LogP contribution in [0.5, 0.6) is 0 Å². The van der Waals surface area contributed by atoms with Crippen LogP contribution >= 0.6 is 0 Å². The van der Waals surface area contributed by atoms with Crippen molar-refractivity contribution in [1.29, 1.82) is 0 Å². The van der Waals surface area contributed by atoms with Crippen molar-refractivity contribution in [3.63, 3.8) is 0 Å². The maximum absolute atomic E-state index is 12.5. The molecule has 0 bridgehead atoms. The number of hydrogen-bond acceptors (Lipinski definition) is 2. The monoisotopic (exact) mass is 267 g/mol. The summed E-state index contributed by atoms with van der Waals surface area (Å²) in [5.41, 5.74) is -0.424. The van der Waals surface area contributed by atoms with Crippen molar-refractivity contribution in [3.05, 3.63) is 0 Å².